The highest BCUT2D eigenvalue weighted by Crippen LogP contribution is 2.25. The fraction of sp³-hybridized carbons (Fsp3) is 0.545. The molecule has 98 valence electrons. The number of carbonyl (C=O) groups excluding carboxylic acids is 1. The van der Waals surface area contributed by atoms with Gasteiger partial charge in [-0.25, -0.2) is 9.78 Å². The number of amides is 1. The van der Waals surface area contributed by atoms with Crippen LogP contribution in [0.15, 0.2) is 5.38 Å². The van der Waals surface area contributed by atoms with Crippen LogP contribution in [0.4, 0.5) is 0 Å². The Kier molecular flexibility index (Phi) is 4.60. The van der Waals surface area contributed by atoms with Gasteiger partial charge in [-0.2, -0.15) is 0 Å². The lowest BCUT2D eigenvalue weighted by atomic mass is 10.2. The van der Waals surface area contributed by atoms with Crippen molar-refractivity contribution < 1.29 is 14.7 Å². The number of carboxylic acid groups (broad SMARTS) is 1. The van der Waals surface area contributed by atoms with Gasteiger partial charge in [-0.15, -0.1) is 23.1 Å². The molecule has 7 heteroatoms. The summed E-state index contributed by atoms with van der Waals surface area (Å²) in [6.45, 7) is 0.313. The third-order valence-electron chi connectivity index (χ3n) is 2.66. The molecule has 0 radical (unpaired) electrons. The number of rotatable bonds is 4. The van der Waals surface area contributed by atoms with Crippen LogP contribution in [-0.2, 0) is 11.3 Å². The Balaban J connectivity index is 1.82. The fourth-order valence-electron chi connectivity index (χ4n) is 1.71. The van der Waals surface area contributed by atoms with E-state index in [2.05, 4.69) is 10.3 Å². The Bertz CT molecular complexity index is 441. The summed E-state index contributed by atoms with van der Waals surface area (Å²) in [6, 6.07) is 0. The monoisotopic (exact) mass is 286 g/mol. The number of thioether (sulfide) groups is 1. The number of nitrogens with zero attached hydrogens (tertiary/aromatic N) is 1. The first-order valence-electron chi connectivity index (χ1n) is 5.74. The maximum Gasteiger partial charge on any atom is 0.355 e. The highest BCUT2D eigenvalue weighted by Gasteiger charge is 2.21. The summed E-state index contributed by atoms with van der Waals surface area (Å²) < 4.78 is 0. The third kappa shape index (κ3) is 3.46. The lowest BCUT2D eigenvalue weighted by Gasteiger charge is -2.19. The van der Waals surface area contributed by atoms with Crippen molar-refractivity contribution in [2.45, 2.75) is 31.1 Å². The Labute approximate surface area is 113 Å². The smallest absolute Gasteiger partial charge is 0.355 e. The van der Waals surface area contributed by atoms with Crippen LogP contribution in [0.5, 0.6) is 0 Å². The molecule has 1 aromatic rings. The maximum absolute atomic E-state index is 11.8. The van der Waals surface area contributed by atoms with E-state index in [4.69, 9.17) is 5.11 Å². The van der Waals surface area contributed by atoms with Gasteiger partial charge in [-0.1, -0.05) is 6.42 Å². The van der Waals surface area contributed by atoms with E-state index in [0.717, 1.165) is 18.6 Å². The van der Waals surface area contributed by atoms with Crippen molar-refractivity contribution in [1.82, 2.24) is 10.3 Å². The van der Waals surface area contributed by atoms with Crippen LogP contribution in [0.25, 0.3) is 0 Å². The summed E-state index contributed by atoms with van der Waals surface area (Å²) in [5.41, 5.74) is 0.0382. The molecule has 1 saturated heterocycles. The highest BCUT2D eigenvalue weighted by molar-refractivity contribution is 8.00. The summed E-state index contributed by atoms with van der Waals surface area (Å²) in [5, 5.41) is 13.7. The van der Waals surface area contributed by atoms with E-state index in [1.165, 1.54) is 23.1 Å². The summed E-state index contributed by atoms with van der Waals surface area (Å²) >= 11 is 2.95. The summed E-state index contributed by atoms with van der Waals surface area (Å²) in [6.07, 6.45) is 3.21. The second-order valence-electron chi connectivity index (χ2n) is 4.00. The minimum atomic E-state index is -1.04. The van der Waals surface area contributed by atoms with Gasteiger partial charge >= 0.3 is 5.97 Å². The van der Waals surface area contributed by atoms with Crippen LogP contribution in [0, 0.1) is 0 Å². The Morgan fingerprint density at radius 3 is 2.94 bits per heavy atom. The molecule has 0 saturated carbocycles. The summed E-state index contributed by atoms with van der Waals surface area (Å²) in [7, 11) is 0. The molecule has 1 unspecified atom stereocenters. The van der Waals surface area contributed by atoms with Crippen LogP contribution < -0.4 is 5.32 Å². The van der Waals surface area contributed by atoms with Crippen molar-refractivity contribution >= 4 is 35.0 Å². The molecular formula is C11H14N2O3S2. The topological polar surface area (TPSA) is 79.3 Å². The second kappa shape index (κ2) is 6.19. The molecule has 0 spiro atoms. The number of thiazole rings is 1. The largest absolute Gasteiger partial charge is 0.476 e. The van der Waals surface area contributed by atoms with Gasteiger partial charge < -0.3 is 10.4 Å². The fourth-order valence-corrected chi connectivity index (χ4v) is 3.65. The van der Waals surface area contributed by atoms with Gasteiger partial charge in [0.25, 0.3) is 0 Å². The first-order valence-corrected chi connectivity index (χ1v) is 7.66. The van der Waals surface area contributed by atoms with Crippen LogP contribution in [-0.4, -0.2) is 33.0 Å². The Morgan fingerprint density at radius 2 is 2.33 bits per heavy atom. The average Bonchev–Trinajstić information content (AvgIpc) is 2.86. The molecule has 0 bridgehead atoms. The number of hydrogen-bond acceptors (Lipinski definition) is 5. The molecule has 5 nitrogen and oxygen atoms in total. The quantitative estimate of drug-likeness (QED) is 0.881. The predicted molar refractivity (Wildman–Crippen MR) is 71.0 cm³/mol. The summed E-state index contributed by atoms with van der Waals surface area (Å²) in [4.78, 5) is 26.4. The molecule has 2 heterocycles. The number of carboxylic acids is 1. The van der Waals surface area contributed by atoms with Gasteiger partial charge in [-0.3, -0.25) is 4.79 Å². The lowest BCUT2D eigenvalue weighted by Crippen LogP contribution is -2.33. The first-order chi connectivity index (χ1) is 8.66. The molecule has 18 heavy (non-hydrogen) atoms. The normalized spacial score (nSPS) is 19.4. The highest BCUT2D eigenvalue weighted by atomic mass is 32.2. The number of carbonyl (C=O) groups is 2. The maximum atomic E-state index is 11.8. The van der Waals surface area contributed by atoms with E-state index in [1.807, 2.05) is 0 Å². The summed E-state index contributed by atoms with van der Waals surface area (Å²) in [5.74, 6) is 0.0387. The molecule has 1 aromatic heterocycles. The standard InChI is InChI=1S/C11H14N2O3S2/c14-10(8-3-1-2-4-17-8)12-5-9-13-7(6-18-9)11(15)16/h6,8H,1-5H2,(H,12,14)(H,15,16). The first kappa shape index (κ1) is 13.4. The molecule has 1 fully saturated rings. The van der Waals surface area contributed by atoms with Gasteiger partial charge in [0.15, 0.2) is 5.69 Å². The third-order valence-corrected chi connectivity index (χ3v) is 4.88. The minimum Gasteiger partial charge on any atom is -0.476 e. The van der Waals surface area contributed by atoms with Crippen molar-refractivity contribution in [3.05, 3.63) is 16.1 Å². The van der Waals surface area contributed by atoms with E-state index >= 15 is 0 Å². The molecular weight excluding hydrogens is 272 g/mol. The molecule has 1 amide bonds. The zero-order chi connectivity index (χ0) is 13.0. The number of aromatic nitrogens is 1. The molecule has 0 aromatic carbocycles. The molecule has 0 aliphatic carbocycles. The Morgan fingerprint density at radius 1 is 1.50 bits per heavy atom. The predicted octanol–water partition coefficient (Wildman–Crippen LogP) is 1.74. The van der Waals surface area contributed by atoms with Crippen LogP contribution in [0.1, 0.15) is 34.8 Å². The zero-order valence-corrected chi connectivity index (χ0v) is 11.4. The van der Waals surface area contributed by atoms with Crippen molar-refractivity contribution in [3.8, 4) is 0 Å². The van der Waals surface area contributed by atoms with Gasteiger partial charge in [0, 0.05) is 5.38 Å². The van der Waals surface area contributed by atoms with Gasteiger partial charge in [0.1, 0.15) is 5.01 Å². The van der Waals surface area contributed by atoms with Crippen molar-refractivity contribution in [3.63, 3.8) is 0 Å². The van der Waals surface area contributed by atoms with Gasteiger partial charge in [0.05, 0.1) is 11.8 Å². The number of aromatic carboxylic acids is 1. The lowest BCUT2D eigenvalue weighted by molar-refractivity contribution is -0.120. The van der Waals surface area contributed by atoms with E-state index in [9.17, 15) is 9.59 Å². The molecule has 1 atom stereocenters. The van der Waals surface area contributed by atoms with Crippen molar-refractivity contribution in [2.24, 2.45) is 0 Å². The van der Waals surface area contributed by atoms with Gasteiger partial charge in [-0.05, 0) is 18.6 Å². The van der Waals surface area contributed by atoms with Crippen LogP contribution in [0.3, 0.4) is 0 Å². The second-order valence-corrected chi connectivity index (χ2v) is 6.26. The minimum absolute atomic E-state index is 0.0341. The van der Waals surface area contributed by atoms with E-state index in [-0.39, 0.29) is 16.9 Å². The SMILES string of the molecule is O=C(O)c1csc(CNC(=O)C2CCCCS2)n1. The number of nitrogens with one attached hydrogen (secondary N) is 1. The van der Waals surface area contributed by atoms with Crippen molar-refractivity contribution in [1.29, 1.82) is 0 Å². The zero-order valence-electron chi connectivity index (χ0n) is 9.72. The molecule has 1 aliphatic rings. The van der Waals surface area contributed by atoms with Crippen molar-refractivity contribution in [2.75, 3.05) is 5.75 Å². The number of hydrogen-bond donors (Lipinski definition) is 2. The average molecular weight is 286 g/mol. The van der Waals surface area contributed by atoms with E-state index in [1.54, 1.807) is 11.8 Å². The van der Waals surface area contributed by atoms with E-state index < -0.39 is 5.97 Å². The van der Waals surface area contributed by atoms with Gasteiger partial charge in [0.2, 0.25) is 5.91 Å². The van der Waals surface area contributed by atoms with Crippen LogP contribution in [0.2, 0.25) is 0 Å². The molecule has 2 rings (SSSR count). The molecule has 2 N–H and O–H groups in total. The Hall–Kier alpha value is -1.08. The van der Waals surface area contributed by atoms with Crippen LogP contribution >= 0.6 is 23.1 Å². The van der Waals surface area contributed by atoms with E-state index in [0.29, 0.717) is 11.6 Å². The molecule has 1 aliphatic heterocycles.